The number of aliphatic hydroxyl groups is 2. The second kappa shape index (κ2) is 52.6. The minimum absolute atomic E-state index is 0.0821. The summed E-state index contributed by atoms with van der Waals surface area (Å²) >= 11 is 0. The molecule has 0 bridgehead atoms. The first-order valence-corrected chi connectivity index (χ1v) is 28.9. The number of rotatable bonds is 53. The number of hydrogen-bond acceptors (Lipinski definition) is 5. The number of amides is 1. The number of carbonyl (C=O) groups excluding carboxylic acids is 2. The zero-order valence-corrected chi connectivity index (χ0v) is 43.4. The quantitative estimate of drug-likeness (QED) is 0.0321. The molecule has 0 heterocycles. The van der Waals surface area contributed by atoms with E-state index in [4.69, 9.17) is 4.74 Å². The molecule has 0 aromatic heterocycles. The van der Waals surface area contributed by atoms with Crippen molar-refractivity contribution in [2.75, 3.05) is 6.61 Å². The van der Waals surface area contributed by atoms with Gasteiger partial charge in [0.15, 0.2) is 0 Å². The summed E-state index contributed by atoms with van der Waals surface area (Å²) in [5.41, 5.74) is 0. The molecule has 0 spiro atoms. The summed E-state index contributed by atoms with van der Waals surface area (Å²) in [6.45, 7) is 6.52. The molecule has 0 fully saturated rings. The molecule has 64 heavy (non-hydrogen) atoms. The van der Waals surface area contributed by atoms with E-state index in [1.165, 1.54) is 225 Å². The van der Waals surface area contributed by atoms with Crippen LogP contribution < -0.4 is 5.32 Å². The summed E-state index contributed by atoms with van der Waals surface area (Å²) in [6, 6.07) is -0.697. The number of hydrogen-bond donors (Lipinski definition) is 3. The molecule has 3 N–H and O–H groups in total. The molecular weight excluding hydrogens is 791 g/mol. The Morgan fingerprint density at radius 1 is 0.438 bits per heavy atom. The third-order valence-corrected chi connectivity index (χ3v) is 13.6. The van der Waals surface area contributed by atoms with E-state index >= 15 is 0 Å². The molecule has 0 rings (SSSR count). The van der Waals surface area contributed by atoms with E-state index in [0.29, 0.717) is 19.3 Å². The van der Waals surface area contributed by atoms with E-state index in [-0.39, 0.29) is 24.9 Å². The lowest BCUT2D eigenvalue weighted by Gasteiger charge is -2.24. The summed E-state index contributed by atoms with van der Waals surface area (Å²) in [5, 5.41) is 23.8. The lowest BCUT2D eigenvalue weighted by molar-refractivity contribution is -0.151. The first-order valence-electron chi connectivity index (χ1n) is 28.9. The largest absolute Gasteiger partial charge is 0.462 e. The number of carbonyl (C=O) groups is 2. The van der Waals surface area contributed by atoms with Gasteiger partial charge >= 0.3 is 5.97 Å². The second-order valence-electron chi connectivity index (χ2n) is 20.1. The first-order chi connectivity index (χ1) is 31.5. The number of nitrogens with one attached hydrogen (secondary N) is 1. The zero-order chi connectivity index (χ0) is 46.7. The topological polar surface area (TPSA) is 95.9 Å². The fourth-order valence-electron chi connectivity index (χ4n) is 9.19. The number of allylic oxidation sites excluding steroid dienone is 2. The van der Waals surface area contributed by atoms with Crippen LogP contribution in [0.3, 0.4) is 0 Å². The van der Waals surface area contributed by atoms with Crippen LogP contribution in [0.4, 0.5) is 0 Å². The van der Waals surface area contributed by atoms with Crippen LogP contribution in [0.5, 0.6) is 0 Å². The highest BCUT2D eigenvalue weighted by Gasteiger charge is 2.24. The maximum Gasteiger partial charge on any atom is 0.306 e. The summed E-state index contributed by atoms with van der Waals surface area (Å²) in [5.74, 6) is -0.461. The van der Waals surface area contributed by atoms with Gasteiger partial charge in [-0.2, -0.15) is 0 Å². The molecule has 3 unspecified atom stereocenters. The molecule has 1 amide bonds. The van der Waals surface area contributed by atoms with Crippen molar-refractivity contribution in [3.8, 4) is 0 Å². The highest BCUT2D eigenvalue weighted by atomic mass is 16.5. The predicted molar refractivity (Wildman–Crippen MR) is 278 cm³/mol. The molecule has 0 radical (unpaired) electrons. The van der Waals surface area contributed by atoms with Gasteiger partial charge in [0, 0.05) is 6.42 Å². The Balaban J connectivity index is 4.51. The Kier molecular flexibility index (Phi) is 51.4. The van der Waals surface area contributed by atoms with Crippen molar-refractivity contribution in [2.24, 2.45) is 0 Å². The molecule has 0 saturated carbocycles. The van der Waals surface area contributed by atoms with Gasteiger partial charge in [-0.1, -0.05) is 270 Å². The van der Waals surface area contributed by atoms with E-state index in [1.54, 1.807) is 0 Å². The zero-order valence-electron chi connectivity index (χ0n) is 43.4. The van der Waals surface area contributed by atoms with Crippen molar-refractivity contribution < 1.29 is 24.5 Å². The third kappa shape index (κ3) is 47.1. The minimum Gasteiger partial charge on any atom is -0.462 e. The summed E-state index contributed by atoms with van der Waals surface area (Å²) in [4.78, 5) is 26.3. The Morgan fingerprint density at radius 2 is 0.750 bits per heavy atom. The molecule has 3 atom stereocenters. The standard InChI is InChI=1S/C58H113NO5/c1-4-7-10-13-16-19-22-24-26-28-29-31-33-36-39-42-45-48-51-58(63)64-54(49-46-43-40-37-35-32-30-27-25-23-20-17-14-11-8-5-2)52-57(62)59-55(53-60)56(61)50-47-44-41-38-34-21-18-15-12-9-6-3/h29,31,54-56,60-61H,4-28,30,32-53H2,1-3H3,(H,59,62)/b31-29+. The maximum absolute atomic E-state index is 13.2. The Hall–Kier alpha value is -1.40. The Morgan fingerprint density at radius 3 is 1.11 bits per heavy atom. The average Bonchev–Trinajstić information content (AvgIpc) is 3.29. The van der Waals surface area contributed by atoms with Crippen LogP contribution >= 0.6 is 0 Å². The SMILES string of the molecule is CCCCCCCCCCC/C=C/CCCCCCCC(=O)OC(CCCCCCCCCCCCCCCCCC)CC(=O)NC(CO)C(O)CCCCCCCCCCCCC. The van der Waals surface area contributed by atoms with Crippen LogP contribution in [0.25, 0.3) is 0 Å². The van der Waals surface area contributed by atoms with E-state index in [9.17, 15) is 19.8 Å². The van der Waals surface area contributed by atoms with Gasteiger partial charge in [0.25, 0.3) is 0 Å². The van der Waals surface area contributed by atoms with Gasteiger partial charge in [-0.05, 0) is 51.4 Å². The fourth-order valence-corrected chi connectivity index (χ4v) is 9.19. The minimum atomic E-state index is -0.783. The van der Waals surface area contributed by atoms with Crippen molar-refractivity contribution >= 4 is 11.9 Å². The number of unbranched alkanes of at least 4 members (excludes halogenated alkanes) is 39. The van der Waals surface area contributed by atoms with E-state index in [1.807, 2.05) is 0 Å². The van der Waals surface area contributed by atoms with Crippen molar-refractivity contribution in [2.45, 2.75) is 341 Å². The summed E-state index contributed by atoms with van der Waals surface area (Å²) in [7, 11) is 0. The van der Waals surface area contributed by atoms with Crippen molar-refractivity contribution in [3.63, 3.8) is 0 Å². The first kappa shape index (κ1) is 62.6. The number of ether oxygens (including phenoxy) is 1. The predicted octanol–water partition coefficient (Wildman–Crippen LogP) is 17.7. The van der Waals surface area contributed by atoms with Crippen molar-refractivity contribution in [3.05, 3.63) is 12.2 Å². The van der Waals surface area contributed by atoms with Gasteiger partial charge in [-0.25, -0.2) is 0 Å². The molecule has 380 valence electrons. The molecular formula is C58H113NO5. The molecule has 0 aliphatic rings. The van der Waals surface area contributed by atoms with Crippen molar-refractivity contribution in [1.29, 1.82) is 0 Å². The highest BCUT2D eigenvalue weighted by molar-refractivity contribution is 5.77. The van der Waals surface area contributed by atoms with E-state index in [0.717, 1.165) is 51.4 Å². The van der Waals surface area contributed by atoms with Crippen molar-refractivity contribution in [1.82, 2.24) is 5.32 Å². The van der Waals surface area contributed by atoms with Crippen LogP contribution in [0.2, 0.25) is 0 Å². The van der Waals surface area contributed by atoms with Gasteiger partial charge < -0.3 is 20.3 Å². The van der Waals surface area contributed by atoms with E-state index in [2.05, 4.69) is 38.2 Å². The van der Waals surface area contributed by atoms with Gasteiger partial charge in [0.1, 0.15) is 6.10 Å². The van der Waals surface area contributed by atoms with E-state index < -0.39 is 18.2 Å². The molecule has 0 aromatic carbocycles. The smallest absolute Gasteiger partial charge is 0.306 e. The van der Waals surface area contributed by atoms with Crippen LogP contribution in [0.1, 0.15) is 323 Å². The number of esters is 1. The molecule has 0 aliphatic carbocycles. The molecule has 6 heteroatoms. The van der Waals surface area contributed by atoms with Gasteiger partial charge in [-0.15, -0.1) is 0 Å². The molecule has 0 aliphatic heterocycles. The van der Waals surface area contributed by atoms with Crippen LogP contribution in [0.15, 0.2) is 12.2 Å². The average molecular weight is 905 g/mol. The summed E-state index contributed by atoms with van der Waals surface area (Å²) < 4.78 is 5.96. The Bertz CT molecular complexity index is 970. The van der Waals surface area contributed by atoms with Crippen LogP contribution in [-0.4, -0.2) is 46.9 Å². The number of aliphatic hydroxyl groups excluding tert-OH is 2. The lowest BCUT2D eigenvalue weighted by atomic mass is 10.0. The third-order valence-electron chi connectivity index (χ3n) is 13.6. The van der Waals surface area contributed by atoms with Gasteiger partial charge in [-0.3, -0.25) is 9.59 Å². The monoisotopic (exact) mass is 904 g/mol. The van der Waals surface area contributed by atoms with Crippen LogP contribution in [-0.2, 0) is 14.3 Å². The molecule has 6 nitrogen and oxygen atoms in total. The lowest BCUT2D eigenvalue weighted by Crippen LogP contribution is -2.46. The summed E-state index contributed by atoms with van der Waals surface area (Å²) in [6.07, 6.45) is 59.9. The second-order valence-corrected chi connectivity index (χ2v) is 20.1. The normalized spacial score (nSPS) is 13.1. The molecule has 0 saturated heterocycles. The van der Waals surface area contributed by atoms with Gasteiger partial charge in [0.2, 0.25) is 5.91 Å². The highest BCUT2D eigenvalue weighted by Crippen LogP contribution is 2.19. The Labute approximate surface area is 399 Å². The maximum atomic E-state index is 13.2. The fraction of sp³-hybridized carbons (Fsp3) is 0.931. The van der Waals surface area contributed by atoms with Crippen LogP contribution in [0, 0.1) is 0 Å². The molecule has 0 aromatic rings. The van der Waals surface area contributed by atoms with Gasteiger partial charge in [0.05, 0.1) is 25.2 Å².